The molecule has 0 saturated heterocycles. The van der Waals surface area contributed by atoms with Crippen molar-refractivity contribution >= 4 is 12.2 Å². The molecule has 1 N–H and O–H groups in total. The van der Waals surface area contributed by atoms with Crippen LogP contribution in [0, 0.1) is 0 Å². The average molecular weight is 243 g/mol. The van der Waals surface area contributed by atoms with Crippen LogP contribution in [-0.4, -0.2) is 38.1 Å². The van der Waals surface area contributed by atoms with E-state index in [1.807, 2.05) is 6.08 Å². The van der Waals surface area contributed by atoms with Crippen LogP contribution in [0.1, 0.15) is 19.8 Å². The lowest BCUT2D eigenvalue weighted by Crippen LogP contribution is -2.45. The Labute approximate surface area is 99.9 Å². The summed E-state index contributed by atoms with van der Waals surface area (Å²) < 4.78 is 14.2. The fraction of sp³-hybridized carbons (Fsp3) is 0.636. The smallest absolute Gasteiger partial charge is 0.450 e. The third kappa shape index (κ3) is 4.34. The van der Waals surface area contributed by atoms with Gasteiger partial charge in [0.15, 0.2) is 0 Å². The minimum Gasteiger partial charge on any atom is -0.450 e. The molecule has 0 spiro atoms. The Kier molecular flexibility index (Phi) is 5.32. The van der Waals surface area contributed by atoms with E-state index in [0.29, 0.717) is 13.0 Å². The Bertz CT molecular complexity index is 302. The molecule has 0 aromatic rings. The first-order chi connectivity index (χ1) is 8.17. The van der Waals surface area contributed by atoms with Crippen molar-refractivity contribution in [1.82, 2.24) is 5.32 Å². The number of carbonyl (C=O) groups excluding carboxylic acids is 2. The largest absolute Gasteiger partial charge is 0.508 e. The van der Waals surface area contributed by atoms with Gasteiger partial charge in [0.1, 0.15) is 6.10 Å². The predicted molar refractivity (Wildman–Crippen MR) is 59.6 cm³/mol. The number of hydrogen-bond acceptors (Lipinski definition) is 5. The van der Waals surface area contributed by atoms with E-state index in [2.05, 4.69) is 10.1 Å². The van der Waals surface area contributed by atoms with E-state index in [4.69, 9.17) is 9.47 Å². The van der Waals surface area contributed by atoms with E-state index in [9.17, 15) is 9.59 Å². The van der Waals surface area contributed by atoms with E-state index in [-0.39, 0.29) is 6.04 Å². The molecular weight excluding hydrogens is 226 g/mol. The van der Waals surface area contributed by atoms with Gasteiger partial charge in [0.05, 0.1) is 19.8 Å². The molecule has 1 amide bonds. The molecule has 0 aromatic heterocycles. The highest BCUT2D eigenvalue weighted by Gasteiger charge is 2.27. The zero-order chi connectivity index (χ0) is 12.7. The monoisotopic (exact) mass is 243 g/mol. The number of hydrogen-bond donors (Lipinski definition) is 1. The molecule has 96 valence electrons. The number of nitrogens with one attached hydrogen (secondary N) is 1. The zero-order valence-electron chi connectivity index (χ0n) is 9.97. The van der Waals surface area contributed by atoms with E-state index in [1.165, 1.54) is 7.11 Å². The normalized spacial score (nSPS) is 22.7. The van der Waals surface area contributed by atoms with Crippen molar-refractivity contribution in [2.75, 3.05) is 13.7 Å². The van der Waals surface area contributed by atoms with E-state index in [1.54, 1.807) is 13.0 Å². The summed E-state index contributed by atoms with van der Waals surface area (Å²) in [4.78, 5) is 22.3. The van der Waals surface area contributed by atoms with Gasteiger partial charge >= 0.3 is 12.2 Å². The van der Waals surface area contributed by atoms with Crippen molar-refractivity contribution < 1.29 is 23.8 Å². The van der Waals surface area contributed by atoms with Crippen LogP contribution in [0.25, 0.3) is 0 Å². The molecule has 1 aliphatic rings. The van der Waals surface area contributed by atoms with Crippen LogP contribution >= 0.6 is 0 Å². The van der Waals surface area contributed by atoms with Gasteiger partial charge in [-0.3, -0.25) is 0 Å². The molecule has 0 bridgehead atoms. The molecule has 2 atom stereocenters. The van der Waals surface area contributed by atoms with Crippen LogP contribution in [0.3, 0.4) is 0 Å². The fourth-order valence-electron chi connectivity index (χ4n) is 1.56. The SMILES string of the molecule is CCOC(=O)NC1C=CCCC1OC(=O)OC. The van der Waals surface area contributed by atoms with Crippen LogP contribution in [0.5, 0.6) is 0 Å². The lowest BCUT2D eigenvalue weighted by molar-refractivity contribution is 0.0225. The van der Waals surface area contributed by atoms with Gasteiger partial charge in [-0.05, 0) is 19.8 Å². The standard InChI is InChI=1S/C11H17NO5/c1-3-16-10(13)12-8-6-4-5-7-9(8)17-11(14)15-2/h4,6,8-9H,3,5,7H2,1-2H3,(H,12,13). The summed E-state index contributed by atoms with van der Waals surface area (Å²) >= 11 is 0. The van der Waals surface area contributed by atoms with Crippen molar-refractivity contribution in [2.45, 2.75) is 31.9 Å². The minimum atomic E-state index is -0.749. The first-order valence-corrected chi connectivity index (χ1v) is 5.52. The number of carbonyl (C=O) groups is 2. The Hall–Kier alpha value is -1.72. The van der Waals surface area contributed by atoms with Gasteiger partial charge in [-0.15, -0.1) is 0 Å². The van der Waals surface area contributed by atoms with Crippen LogP contribution in [0.4, 0.5) is 9.59 Å². The zero-order valence-corrected chi connectivity index (χ0v) is 9.97. The third-order valence-corrected chi connectivity index (χ3v) is 2.34. The van der Waals surface area contributed by atoms with E-state index >= 15 is 0 Å². The molecule has 17 heavy (non-hydrogen) atoms. The first-order valence-electron chi connectivity index (χ1n) is 5.52. The van der Waals surface area contributed by atoms with Crippen molar-refractivity contribution in [3.8, 4) is 0 Å². The summed E-state index contributed by atoms with van der Waals surface area (Å²) in [5, 5.41) is 2.62. The van der Waals surface area contributed by atoms with Crippen LogP contribution < -0.4 is 5.32 Å². The highest BCUT2D eigenvalue weighted by atomic mass is 16.7. The number of methoxy groups -OCH3 is 1. The number of ether oxygens (including phenoxy) is 3. The topological polar surface area (TPSA) is 73.9 Å². The second-order valence-electron chi connectivity index (χ2n) is 3.51. The molecule has 6 heteroatoms. The van der Waals surface area contributed by atoms with Crippen molar-refractivity contribution in [3.63, 3.8) is 0 Å². The van der Waals surface area contributed by atoms with E-state index in [0.717, 1.165) is 6.42 Å². The maximum absolute atomic E-state index is 11.3. The molecule has 1 rings (SSSR count). The maximum Gasteiger partial charge on any atom is 0.508 e. The molecule has 6 nitrogen and oxygen atoms in total. The second kappa shape index (κ2) is 6.78. The average Bonchev–Trinajstić information content (AvgIpc) is 2.31. The van der Waals surface area contributed by atoms with Gasteiger partial charge in [-0.25, -0.2) is 9.59 Å². The molecular formula is C11H17NO5. The van der Waals surface area contributed by atoms with Crippen LogP contribution in [0.15, 0.2) is 12.2 Å². The predicted octanol–water partition coefficient (Wildman–Crippen LogP) is 1.60. The summed E-state index contributed by atoms with van der Waals surface area (Å²) in [6, 6.07) is -0.373. The molecule has 0 heterocycles. The van der Waals surface area contributed by atoms with Crippen LogP contribution in [-0.2, 0) is 14.2 Å². The number of rotatable bonds is 3. The Morgan fingerprint density at radius 2 is 2.24 bits per heavy atom. The molecule has 0 aromatic carbocycles. The minimum absolute atomic E-state index is 0.296. The number of amides is 1. The highest BCUT2D eigenvalue weighted by Crippen LogP contribution is 2.16. The van der Waals surface area contributed by atoms with Gasteiger partial charge in [0, 0.05) is 0 Å². The molecule has 0 aliphatic heterocycles. The Balaban J connectivity index is 2.53. The van der Waals surface area contributed by atoms with Gasteiger partial charge < -0.3 is 19.5 Å². The fourth-order valence-corrected chi connectivity index (χ4v) is 1.56. The Morgan fingerprint density at radius 3 is 2.88 bits per heavy atom. The summed E-state index contributed by atoms with van der Waals surface area (Å²) in [6.07, 6.45) is 3.45. The van der Waals surface area contributed by atoms with Gasteiger partial charge in [-0.1, -0.05) is 12.2 Å². The first kappa shape index (κ1) is 13.3. The summed E-state index contributed by atoms with van der Waals surface area (Å²) in [5.74, 6) is 0. The number of allylic oxidation sites excluding steroid dienone is 1. The summed E-state index contributed by atoms with van der Waals surface area (Å²) in [6.45, 7) is 2.02. The second-order valence-corrected chi connectivity index (χ2v) is 3.51. The van der Waals surface area contributed by atoms with Gasteiger partial charge in [0.25, 0.3) is 0 Å². The van der Waals surface area contributed by atoms with Gasteiger partial charge in [-0.2, -0.15) is 0 Å². The Morgan fingerprint density at radius 1 is 1.47 bits per heavy atom. The molecule has 0 saturated carbocycles. The van der Waals surface area contributed by atoms with Gasteiger partial charge in [0.2, 0.25) is 0 Å². The van der Waals surface area contributed by atoms with Crippen molar-refractivity contribution in [3.05, 3.63) is 12.2 Å². The molecule has 0 radical (unpaired) electrons. The quantitative estimate of drug-likeness (QED) is 0.602. The number of alkyl carbamates (subject to hydrolysis) is 1. The van der Waals surface area contributed by atoms with Crippen LogP contribution in [0.2, 0.25) is 0 Å². The lowest BCUT2D eigenvalue weighted by atomic mass is 9.99. The summed E-state index contributed by atoms with van der Waals surface area (Å²) in [7, 11) is 1.24. The molecule has 1 aliphatic carbocycles. The third-order valence-electron chi connectivity index (χ3n) is 2.34. The lowest BCUT2D eigenvalue weighted by Gasteiger charge is -2.27. The molecule has 0 fully saturated rings. The summed E-state index contributed by atoms with van der Waals surface area (Å²) in [5.41, 5.74) is 0. The maximum atomic E-state index is 11.3. The molecule has 2 unspecified atom stereocenters. The van der Waals surface area contributed by atoms with Crippen molar-refractivity contribution in [1.29, 1.82) is 0 Å². The van der Waals surface area contributed by atoms with E-state index < -0.39 is 18.4 Å². The van der Waals surface area contributed by atoms with Crippen molar-refractivity contribution in [2.24, 2.45) is 0 Å². The highest BCUT2D eigenvalue weighted by molar-refractivity contribution is 5.68.